The van der Waals surface area contributed by atoms with Gasteiger partial charge in [-0.15, -0.1) is 0 Å². The molecule has 0 aliphatic heterocycles. The predicted octanol–water partition coefficient (Wildman–Crippen LogP) is 4.98. The maximum absolute atomic E-state index is 9.54. The molecule has 0 bridgehead atoms. The molecule has 0 aromatic heterocycles. The van der Waals surface area contributed by atoms with Crippen molar-refractivity contribution < 1.29 is 5.11 Å². The Bertz CT molecular complexity index is 166. The van der Waals surface area contributed by atoms with Crippen molar-refractivity contribution in [3.63, 3.8) is 0 Å². The Morgan fingerprint density at radius 2 is 1.81 bits per heavy atom. The Kier molecular flexibility index (Phi) is 9.87. The molecule has 100 valence electrons. The molecule has 0 heterocycles. The van der Waals surface area contributed by atoms with Gasteiger partial charge in [0.2, 0.25) is 0 Å². The summed E-state index contributed by atoms with van der Waals surface area (Å²) in [5.41, 5.74) is 0. The van der Waals surface area contributed by atoms with Gasteiger partial charge in [-0.1, -0.05) is 0 Å². The maximum atomic E-state index is 9.54. The number of rotatable bonds is 9. The molecule has 0 aromatic carbocycles. The van der Waals surface area contributed by atoms with Crippen LogP contribution >= 0.6 is 20.3 Å². The molecular formula is C13H29IOSe. The van der Waals surface area contributed by atoms with Crippen molar-refractivity contribution in [2.24, 2.45) is 5.92 Å². The minimum atomic E-state index is -1.17. The SMILES string of the molecule is CCCCCCC(CC(C)O)C[Se](C)(C)I. The zero-order valence-corrected chi connectivity index (χ0v) is 15.2. The second-order valence-electron chi connectivity index (χ2n) is 5.37. The Balaban J connectivity index is 3.91. The fourth-order valence-corrected chi connectivity index (χ4v) is 7.80. The first kappa shape index (κ1) is 17.2. The molecular weight excluding hydrogens is 378 g/mol. The van der Waals surface area contributed by atoms with Gasteiger partial charge in [-0.25, -0.2) is 0 Å². The Labute approximate surface area is 116 Å². The molecule has 0 radical (unpaired) electrons. The monoisotopic (exact) mass is 408 g/mol. The molecule has 1 nitrogen and oxygen atoms in total. The molecule has 2 unspecified atom stereocenters. The molecule has 0 fully saturated rings. The van der Waals surface area contributed by atoms with Gasteiger partial charge in [-0.3, -0.25) is 0 Å². The fourth-order valence-electron chi connectivity index (χ4n) is 2.17. The third-order valence-electron chi connectivity index (χ3n) is 2.77. The van der Waals surface area contributed by atoms with E-state index in [9.17, 15) is 5.11 Å². The van der Waals surface area contributed by atoms with E-state index >= 15 is 0 Å². The fraction of sp³-hybridized carbons (Fsp3) is 1.00. The second kappa shape index (κ2) is 9.18. The van der Waals surface area contributed by atoms with Crippen LogP contribution in [0.1, 0.15) is 52.4 Å². The number of unbranched alkanes of at least 4 members (excludes halogenated alkanes) is 3. The van der Waals surface area contributed by atoms with E-state index < -0.39 is 9.60 Å². The molecule has 2 atom stereocenters. The normalized spacial score (nSPS) is 17.1. The van der Waals surface area contributed by atoms with Crippen LogP contribution in [0.4, 0.5) is 0 Å². The molecule has 0 aromatic rings. The van der Waals surface area contributed by atoms with E-state index in [2.05, 4.69) is 38.9 Å². The molecule has 0 spiro atoms. The third-order valence-corrected chi connectivity index (χ3v) is 7.29. The average molecular weight is 407 g/mol. The number of hydrogen-bond donors (Lipinski definition) is 1. The molecule has 0 amide bonds. The summed E-state index contributed by atoms with van der Waals surface area (Å²) in [7, 11) is -1.17. The predicted molar refractivity (Wildman–Crippen MR) is 84.9 cm³/mol. The van der Waals surface area contributed by atoms with E-state index in [0.29, 0.717) is 0 Å². The van der Waals surface area contributed by atoms with E-state index in [1.807, 2.05) is 6.92 Å². The van der Waals surface area contributed by atoms with Crippen LogP contribution in [0.3, 0.4) is 0 Å². The van der Waals surface area contributed by atoms with E-state index in [0.717, 1.165) is 12.3 Å². The van der Waals surface area contributed by atoms with Crippen molar-refractivity contribution in [1.82, 2.24) is 0 Å². The summed E-state index contributed by atoms with van der Waals surface area (Å²) < 4.78 is 0. The number of aliphatic hydroxyl groups is 1. The number of aliphatic hydroxyl groups excluding tert-OH is 1. The molecule has 1 N–H and O–H groups in total. The molecule has 0 aliphatic rings. The molecule has 3 heteroatoms. The van der Waals surface area contributed by atoms with Crippen LogP contribution in [0.15, 0.2) is 0 Å². The van der Waals surface area contributed by atoms with E-state index in [-0.39, 0.29) is 6.10 Å². The average Bonchev–Trinajstić information content (AvgIpc) is 2.08. The summed E-state index contributed by atoms with van der Waals surface area (Å²) in [6.45, 7) is 4.19. The van der Waals surface area contributed by atoms with Gasteiger partial charge in [-0.2, -0.15) is 0 Å². The quantitative estimate of drug-likeness (QED) is 0.325. The van der Waals surface area contributed by atoms with Crippen LogP contribution in [0.5, 0.6) is 0 Å². The minimum absolute atomic E-state index is 0.119. The van der Waals surface area contributed by atoms with Gasteiger partial charge < -0.3 is 0 Å². The summed E-state index contributed by atoms with van der Waals surface area (Å²) in [5, 5.41) is 10.9. The molecule has 16 heavy (non-hydrogen) atoms. The van der Waals surface area contributed by atoms with Crippen molar-refractivity contribution in [1.29, 1.82) is 0 Å². The van der Waals surface area contributed by atoms with Crippen LogP contribution in [0.25, 0.3) is 0 Å². The standard InChI is InChI=1S/C13H29IOSe/c1-5-6-7-8-9-13(10-12(2)15)11-16(3,4)14/h12-13,15H,5-11H2,1-4H3. The first-order chi connectivity index (χ1) is 7.35. The van der Waals surface area contributed by atoms with Crippen molar-refractivity contribution in [3.8, 4) is 0 Å². The van der Waals surface area contributed by atoms with E-state index in [4.69, 9.17) is 0 Å². The first-order valence-corrected chi connectivity index (χ1v) is 16.3. The van der Waals surface area contributed by atoms with Gasteiger partial charge in [0.05, 0.1) is 0 Å². The van der Waals surface area contributed by atoms with Crippen LogP contribution in [-0.4, -0.2) is 20.8 Å². The Morgan fingerprint density at radius 3 is 2.25 bits per heavy atom. The van der Waals surface area contributed by atoms with Gasteiger partial charge in [0, 0.05) is 0 Å². The second-order valence-corrected chi connectivity index (χ2v) is 24.3. The van der Waals surface area contributed by atoms with Gasteiger partial charge in [-0.05, 0) is 0 Å². The van der Waals surface area contributed by atoms with Crippen LogP contribution in [0, 0.1) is 5.92 Å². The summed E-state index contributed by atoms with van der Waals surface area (Å²) >= 11 is 2.68. The summed E-state index contributed by atoms with van der Waals surface area (Å²) in [4.78, 5) is 0. The topological polar surface area (TPSA) is 20.2 Å². The van der Waals surface area contributed by atoms with Crippen LogP contribution < -0.4 is 0 Å². The van der Waals surface area contributed by atoms with Gasteiger partial charge in [0.25, 0.3) is 0 Å². The summed E-state index contributed by atoms with van der Waals surface area (Å²) in [6.07, 6.45) is 7.63. The zero-order chi connectivity index (χ0) is 12.6. The zero-order valence-electron chi connectivity index (χ0n) is 11.3. The summed E-state index contributed by atoms with van der Waals surface area (Å²) in [6, 6.07) is 0. The molecule has 0 saturated carbocycles. The Morgan fingerprint density at radius 1 is 1.19 bits per heavy atom. The Hall–Kier alpha value is 1.21. The van der Waals surface area contributed by atoms with Crippen LogP contribution in [0.2, 0.25) is 17.0 Å². The number of hydrogen-bond acceptors (Lipinski definition) is 1. The van der Waals surface area contributed by atoms with Gasteiger partial charge in [0.1, 0.15) is 0 Å². The van der Waals surface area contributed by atoms with Crippen molar-refractivity contribution >= 4 is 29.9 Å². The van der Waals surface area contributed by atoms with E-state index in [1.54, 1.807) is 0 Å². The van der Waals surface area contributed by atoms with Gasteiger partial charge >= 0.3 is 116 Å². The van der Waals surface area contributed by atoms with Crippen LogP contribution in [-0.2, 0) is 0 Å². The first-order valence-electron chi connectivity index (χ1n) is 6.44. The molecule has 0 aliphatic carbocycles. The van der Waals surface area contributed by atoms with Crippen molar-refractivity contribution in [2.75, 3.05) is 0 Å². The third kappa shape index (κ3) is 11.7. The van der Waals surface area contributed by atoms with Crippen molar-refractivity contribution in [2.45, 2.75) is 75.4 Å². The molecule has 0 rings (SSSR count). The van der Waals surface area contributed by atoms with E-state index in [1.165, 1.54) is 37.4 Å². The summed E-state index contributed by atoms with van der Waals surface area (Å²) in [5.74, 6) is 5.65. The van der Waals surface area contributed by atoms with Crippen molar-refractivity contribution in [3.05, 3.63) is 0 Å². The van der Waals surface area contributed by atoms with Gasteiger partial charge in [0.15, 0.2) is 0 Å². The molecule has 0 saturated heterocycles. The number of halogens is 1.